The first kappa shape index (κ1) is 20.5. The number of thiazole rings is 1. The molecule has 0 aliphatic carbocycles. The molecule has 0 saturated carbocycles. The van der Waals surface area contributed by atoms with Gasteiger partial charge in [-0.3, -0.25) is 4.79 Å². The first-order valence-electron chi connectivity index (χ1n) is 9.13. The molecule has 6 nitrogen and oxygen atoms in total. The van der Waals surface area contributed by atoms with Crippen LogP contribution in [-0.2, 0) is 6.18 Å². The molecule has 0 aliphatic heterocycles. The predicted octanol–water partition coefficient (Wildman–Crippen LogP) is 5.20. The molecular weight excluding hydrogens is 467 g/mol. The van der Waals surface area contributed by atoms with Crippen LogP contribution in [0.1, 0.15) is 17.1 Å². The highest BCUT2D eigenvalue weighted by molar-refractivity contribution is 7.15. The van der Waals surface area contributed by atoms with Crippen LogP contribution in [0.4, 0.5) is 13.2 Å². The Hall–Kier alpha value is -3.37. The number of aromatic nitrogens is 3. The van der Waals surface area contributed by atoms with Gasteiger partial charge in [-0.05, 0) is 43.3 Å². The van der Waals surface area contributed by atoms with Gasteiger partial charge in [-0.15, -0.1) is 5.10 Å². The van der Waals surface area contributed by atoms with Gasteiger partial charge in [-0.25, -0.2) is 0 Å². The van der Waals surface area contributed by atoms with Crippen LogP contribution < -0.4 is 10.1 Å². The van der Waals surface area contributed by atoms with E-state index in [0.717, 1.165) is 23.5 Å². The molecule has 0 unspecified atom stereocenters. The minimum absolute atomic E-state index is 0.103. The van der Waals surface area contributed by atoms with Crippen molar-refractivity contribution >= 4 is 34.0 Å². The summed E-state index contributed by atoms with van der Waals surface area (Å²) in [6.45, 7) is 1.77. The van der Waals surface area contributed by atoms with E-state index in [-0.39, 0.29) is 27.7 Å². The van der Waals surface area contributed by atoms with E-state index in [2.05, 4.69) is 10.1 Å². The van der Waals surface area contributed by atoms with Gasteiger partial charge in [0.15, 0.2) is 5.82 Å². The molecule has 0 amide bonds. The van der Waals surface area contributed by atoms with Crippen LogP contribution in [0, 0.1) is 6.92 Å². The third-order valence-corrected chi connectivity index (χ3v) is 6.03. The molecule has 0 bridgehead atoms. The lowest BCUT2D eigenvalue weighted by Crippen LogP contribution is -2.23. The standard InChI is InChI=1S/C21H11ClF3N3O3S/c1-10-13(6-7-30-10)18-26-20-28(27-18)19(29)17(32-20)9-12-3-5-16(31-12)14-8-11(21(23,24)25)2-4-15(14)22/h2-9H,1H3/b17-9-. The molecule has 1 aromatic carbocycles. The fraction of sp³-hybridized carbons (Fsp3) is 0.0952. The van der Waals surface area contributed by atoms with E-state index in [1.165, 1.54) is 29.0 Å². The monoisotopic (exact) mass is 477 g/mol. The average molecular weight is 478 g/mol. The zero-order valence-corrected chi connectivity index (χ0v) is 17.7. The van der Waals surface area contributed by atoms with Crippen molar-refractivity contribution < 1.29 is 22.0 Å². The number of aryl methyl sites for hydroxylation is 1. The first-order valence-corrected chi connectivity index (χ1v) is 10.3. The number of hydrogen-bond donors (Lipinski definition) is 0. The molecule has 0 spiro atoms. The van der Waals surface area contributed by atoms with Gasteiger partial charge in [-0.1, -0.05) is 22.9 Å². The highest BCUT2D eigenvalue weighted by Gasteiger charge is 2.31. The van der Waals surface area contributed by atoms with E-state index < -0.39 is 11.7 Å². The molecule has 4 heterocycles. The number of benzene rings is 1. The molecule has 11 heteroatoms. The molecule has 162 valence electrons. The summed E-state index contributed by atoms with van der Waals surface area (Å²) in [5, 5.41) is 4.36. The summed E-state index contributed by atoms with van der Waals surface area (Å²) < 4.78 is 51.5. The maximum absolute atomic E-state index is 13.0. The molecular formula is C21H11ClF3N3O3S. The van der Waals surface area contributed by atoms with Crippen LogP contribution in [0.25, 0.3) is 33.7 Å². The Balaban J connectivity index is 1.52. The fourth-order valence-corrected chi connectivity index (χ4v) is 4.26. The van der Waals surface area contributed by atoms with E-state index in [1.807, 2.05) is 0 Å². The summed E-state index contributed by atoms with van der Waals surface area (Å²) in [6, 6.07) is 7.75. The molecule has 0 aliphatic rings. The molecule has 4 aromatic heterocycles. The van der Waals surface area contributed by atoms with Crippen molar-refractivity contribution in [3.63, 3.8) is 0 Å². The van der Waals surface area contributed by atoms with Crippen molar-refractivity contribution in [1.82, 2.24) is 14.6 Å². The van der Waals surface area contributed by atoms with Gasteiger partial charge in [0.25, 0.3) is 5.56 Å². The minimum Gasteiger partial charge on any atom is -0.469 e. The van der Waals surface area contributed by atoms with Gasteiger partial charge in [0.2, 0.25) is 4.96 Å². The van der Waals surface area contributed by atoms with Crippen LogP contribution in [0.3, 0.4) is 0 Å². The van der Waals surface area contributed by atoms with Crippen LogP contribution in [0.5, 0.6) is 0 Å². The Bertz CT molecular complexity index is 1580. The predicted molar refractivity (Wildman–Crippen MR) is 113 cm³/mol. The second-order valence-corrected chi connectivity index (χ2v) is 8.25. The number of halogens is 4. The molecule has 0 atom stereocenters. The lowest BCUT2D eigenvalue weighted by Gasteiger charge is -2.09. The Kier molecular flexibility index (Phi) is 4.72. The van der Waals surface area contributed by atoms with Gasteiger partial charge < -0.3 is 8.83 Å². The smallest absolute Gasteiger partial charge is 0.416 e. The first-order chi connectivity index (χ1) is 15.2. The third-order valence-electron chi connectivity index (χ3n) is 4.74. The summed E-state index contributed by atoms with van der Waals surface area (Å²) >= 11 is 7.18. The van der Waals surface area contributed by atoms with Crippen molar-refractivity contribution in [3.05, 3.63) is 79.7 Å². The highest BCUT2D eigenvalue weighted by Crippen LogP contribution is 2.36. The molecule has 5 rings (SSSR count). The SMILES string of the molecule is Cc1occc1-c1nc2s/c(=C\c3ccc(-c4cc(C(F)(F)F)ccc4Cl)o3)c(=O)n2n1. The second kappa shape index (κ2) is 7.35. The Morgan fingerprint density at radius 1 is 1.16 bits per heavy atom. The lowest BCUT2D eigenvalue weighted by molar-refractivity contribution is -0.137. The highest BCUT2D eigenvalue weighted by atomic mass is 35.5. The molecule has 0 fully saturated rings. The largest absolute Gasteiger partial charge is 0.469 e. The van der Waals surface area contributed by atoms with Gasteiger partial charge in [0.05, 0.1) is 22.4 Å². The number of rotatable bonds is 3. The molecule has 0 saturated heterocycles. The van der Waals surface area contributed by atoms with Crippen LogP contribution in [0.2, 0.25) is 5.02 Å². The van der Waals surface area contributed by atoms with E-state index in [4.69, 9.17) is 20.4 Å². The number of fused-ring (bicyclic) bond motifs is 1. The van der Waals surface area contributed by atoms with E-state index in [0.29, 0.717) is 26.6 Å². The zero-order valence-electron chi connectivity index (χ0n) is 16.1. The maximum Gasteiger partial charge on any atom is 0.416 e. The van der Waals surface area contributed by atoms with Gasteiger partial charge >= 0.3 is 6.18 Å². The van der Waals surface area contributed by atoms with Crippen molar-refractivity contribution in [2.24, 2.45) is 0 Å². The van der Waals surface area contributed by atoms with Gasteiger partial charge in [0.1, 0.15) is 21.8 Å². The zero-order chi connectivity index (χ0) is 22.6. The summed E-state index contributed by atoms with van der Waals surface area (Å²) in [5.41, 5.74) is -0.430. The number of nitrogens with zero attached hydrogens (tertiary/aromatic N) is 3. The van der Waals surface area contributed by atoms with E-state index >= 15 is 0 Å². The number of hydrogen-bond acceptors (Lipinski definition) is 6. The third kappa shape index (κ3) is 3.51. The lowest BCUT2D eigenvalue weighted by atomic mass is 10.1. The Labute approximate surface area is 186 Å². The summed E-state index contributed by atoms with van der Waals surface area (Å²) in [4.78, 5) is 17.5. The normalized spacial score (nSPS) is 12.8. The van der Waals surface area contributed by atoms with Gasteiger partial charge in [0, 0.05) is 11.6 Å². The Morgan fingerprint density at radius 2 is 1.97 bits per heavy atom. The molecule has 32 heavy (non-hydrogen) atoms. The second-order valence-electron chi connectivity index (χ2n) is 6.83. The summed E-state index contributed by atoms with van der Waals surface area (Å²) in [6.07, 6.45) is -1.51. The summed E-state index contributed by atoms with van der Waals surface area (Å²) in [5.74, 6) is 1.45. The summed E-state index contributed by atoms with van der Waals surface area (Å²) in [7, 11) is 0. The number of alkyl halides is 3. The van der Waals surface area contributed by atoms with Crippen LogP contribution in [0.15, 0.2) is 56.3 Å². The molecule has 0 N–H and O–H groups in total. The average Bonchev–Trinajstić information content (AvgIpc) is 3.49. The maximum atomic E-state index is 13.0. The topological polar surface area (TPSA) is 73.5 Å². The number of furan rings is 2. The Morgan fingerprint density at radius 3 is 2.66 bits per heavy atom. The van der Waals surface area contributed by atoms with E-state index in [9.17, 15) is 18.0 Å². The molecule has 0 radical (unpaired) electrons. The minimum atomic E-state index is -4.51. The molecule has 5 aromatic rings. The van der Waals surface area contributed by atoms with Crippen molar-refractivity contribution in [3.8, 4) is 22.7 Å². The van der Waals surface area contributed by atoms with Crippen LogP contribution >= 0.6 is 22.9 Å². The van der Waals surface area contributed by atoms with Crippen molar-refractivity contribution in [1.29, 1.82) is 0 Å². The van der Waals surface area contributed by atoms with Crippen molar-refractivity contribution in [2.75, 3.05) is 0 Å². The quantitative estimate of drug-likeness (QED) is 0.357. The van der Waals surface area contributed by atoms with E-state index in [1.54, 1.807) is 19.1 Å². The van der Waals surface area contributed by atoms with Crippen LogP contribution in [-0.4, -0.2) is 14.6 Å². The fourth-order valence-electron chi connectivity index (χ4n) is 3.16. The van der Waals surface area contributed by atoms with Gasteiger partial charge in [-0.2, -0.15) is 22.7 Å². The van der Waals surface area contributed by atoms with Crippen molar-refractivity contribution in [2.45, 2.75) is 13.1 Å².